The summed E-state index contributed by atoms with van der Waals surface area (Å²) in [7, 11) is 1.52. The van der Waals surface area contributed by atoms with Gasteiger partial charge >= 0.3 is 0 Å². The van der Waals surface area contributed by atoms with Crippen LogP contribution in [0.1, 0.15) is 32.1 Å². The lowest BCUT2D eigenvalue weighted by Crippen LogP contribution is -2.34. The van der Waals surface area contributed by atoms with E-state index in [1.165, 1.54) is 18.2 Å². The average Bonchev–Trinajstić information content (AvgIpc) is 2.85. The summed E-state index contributed by atoms with van der Waals surface area (Å²) in [5.41, 5.74) is 0.550. The molecule has 2 atom stereocenters. The molecule has 2 heterocycles. The summed E-state index contributed by atoms with van der Waals surface area (Å²) < 4.78 is 4.95. The number of amides is 3. The Labute approximate surface area is 140 Å². The number of likely N-dealkylation sites (tertiary alicyclic amines) is 1. The fourth-order valence-electron chi connectivity index (χ4n) is 3.46. The first-order valence-corrected chi connectivity index (χ1v) is 8.25. The van der Waals surface area contributed by atoms with Crippen molar-refractivity contribution in [1.82, 2.24) is 9.88 Å². The Kier molecular flexibility index (Phi) is 4.78. The molecule has 0 aromatic carbocycles. The Balaban J connectivity index is 1.54. The third-order valence-electron chi connectivity index (χ3n) is 4.72. The number of hydrogen-bond acceptors (Lipinski definition) is 5. The van der Waals surface area contributed by atoms with E-state index in [1.807, 2.05) is 0 Å². The summed E-state index contributed by atoms with van der Waals surface area (Å²) in [5.74, 6) is -0.339. The zero-order valence-corrected chi connectivity index (χ0v) is 13.7. The molecule has 1 N–H and O–H groups in total. The van der Waals surface area contributed by atoms with E-state index in [0.29, 0.717) is 11.6 Å². The second-order valence-electron chi connectivity index (χ2n) is 6.21. The van der Waals surface area contributed by atoms with Gasteiger partial charge in [-0.1, -0.05) is 12.8 Å². The first-order valence-electron chi connectivity index (χ1n) is 8.25. The molecule has 7 heteroatoms. The molecule has 0 spiro atoms. The molecule has 1 saturated heterocycles. The van der Waals surface area contributed by atoms with Crippen molar-refractivity contribution in [3.63, 3.8) is 0 Å². The predicted octanol–water partition coefficient (Wildman–Crippen LogP) is 1.59. The van der Waals surface area contributed by atoms with Crippen molar-refractivity contribution in [1.29, 1.82) is 0 Å². The number of rotatable bonds is 5. The summed E-state index contributed by atoms with van der Waals surface area (Å²) in [5, 5.41) is 2.70. The molecule has 128 valence electrons. The van der Waals surface area contributed by atoms with Gasteiger partial charge in [0.25, 0.3) is 0 Å². The normalized spacial score (nSPS) is 23.1. The van der Waals surface area contributed by atoms with Crippen LogP contribution in [0.5, 0.6) is 5.88 Å². The van der Waals surface area contributed by atoms with Crippen LogP contribution in [0.3, 0.4) is 0 Å². The van der Waals surface area contributed by atoms with E-state index in [-0.39, 0.29) is 42.5 Å². The van der Waals surface area contributed by atoms with Gasteiger partial charge in [-0.3, -0.25) is 19.3 Å². The molecule has 2 fully saturated rings. The lowest BCUT2D eigenvalue weighted by atomic mass is 9.81. The monoisotopic (exact) mass is 331 g/mol. The molecule has 2 aliphatic rings. The molecule has 1 aromatic rings. The standard InChI is InChI=1S/C17H21N3O4/c1-24-15-7-6-11(10-18-15)19-14(21)8-9-20-16(22)12-4-2-3-5-13(12)17(20)23/h6-7,10,12-13H,2-5,8-9H2,1H3,(H,19,21)/t12-,13+. The number of aromatic nitrogens is 1. The molecule has 1 aliphatic heterocycles. The minimum absolute atomic E-state index is 0.0863. The summed E-state index contributed by atoms with van der Waals surface area (Å²) in [6.45, 7) is 0.139. The Hall–Kier alpha value is -2.44. The van der Waals surface area contributed by atoms with Crippen molar-refractivity contribution in [3.8, 4) is 5.88 Å². The van der Waals surface area contributed by atoms with E-state index in [9.17, 15) is 14.4 Å². The Morgan fingerprint density at radius 3 is 2.46 bits per heavy atom. The second kappa shape index (κ2) is 6.98. The molecule has 0 bridgehead atoms. The number of imide groups is 1. The first-order chi connectivity index (χ1) is 11.6. The number of anilines is 1. The summed E-state index contributed by atoms with van der Waals surface area (Å²) in [6.07, 6.45) is 5.16. The van der Waals surface area contributed by atoms with Crippen LogP contribution < -0.4 is 10.1 Å². The van der Waals surface area contributed by atoms with Crippen LogP contribution in [0, 0.1) is 11.8 Å². The molecule has 1 saturated carbocycles. The highest BCUT2D eigenvalue weighted by atomic mass is 16.5. The van der Waals surface area contributed by atoms with E-state index in [1.54, 1.807) is 12.1 Å². The maximum absolute atomic E-state index is 12.3. The number of methoxy groups -OCH3 is 1. The van der Waals surface area contributed by atoms with E-state index in [0.717, 1.165) is 25.7 Å². The maximum Gasteiger partial charge on any atom is 0.233 e. The highest BCUT2D eigenvalue weighted by molar-refractivity contribution is 6.05. The summed E-state index contributed by atoms with van der Waals surface area (Å²) in [6, 6.07) is 3.33. The van der Waals surface area contributed by atoms with Crippen LogP contribution in [-0.4, -0.2) is 41.3 Å². The van der Waals surface area contributed by atoms with E-state index >= 15 is 0 Å². The lowest BCUT2D eigenvalue weighted by Gasteiger charge is -2.19. The Morgan fingerprint density at radius 2 is 1.92 bits per heavy atom. The van der Waals surface area contributed by atoms with E-state index < -0.39 is 0 Å². The van der Waals surface area contributed by atoms with Gasteiger partial charge in [-0.05, 0) is 18.9 Å². The summed E-state index contributed by atoms with van der Waals surface area (Å²) >= 11 is 0. The largest absolute Gasteiger partial charge is 0.481 e. The fourth-order valence-corrected chi connectivity index (χ4v) is 3.46. The third kappa shape index (κ3) is 3.25. The van der Waals surface area contributed by atoms with Crippen molar-refractivity contribution in [2.75, 3.05) is 19.0 Å². The van der Waals surface area contributed by atoms with Crippen molar-refractivity contribution < 1.29 is 19.1 Å². The number of fused-ring (bicyclic) bond motifs is 1. The molecule has 0 unspecified atom stereocenters. The summed E-state index contributed by atoms with van der Waals surface area (Å²) in [4.78, 5) is 42.0. The van der Waals surface area contributed by atoms with Crippen molar-refractivity contribution >= 4 is 23.4 Å². The zero-order chi connectivity index (χ0) is 17.1. The molecule has 3 rings (SSSR count). The maximum atomic E-state index is 12.3. The number of hydrogen-bond donors (Lipinski definition) is 1. The highest BCUT2D eigenvalue weighted by Gasteiger charge is 2.47. The van der Waals surface area contributed by atoms with Gasteiger partial charge in [-0.25, -0.2) is 4.98 Å². The van der Waals surface area contributed by atoms with Crippen molar-refractivity contribution in [3.05, 3.63) is 18.3 Å². The van der Waals surface area contributed by atoms with Gasteiger partial charge in [0.2, 0.25) is 23.6 Å². The number of carbonyl (C=O) groups is 3. The number of pyridine rings is 1. The minimum atomic E-state index is -0.252. The highest BCUT2D eigenvalue weighted by Crippen LogP contribution is 2.37. The number of nitrogens with zero attached hydrogens (tertiary/aromatic N) is 2. The van der Waals surface area contributed by atoms with Gasteiger partial charge in [0.1, 0.15) is 0 Å². The van der Waals surface area contributed by atoms with Gasteiger partial charge in [0, 0.05) is 19.0 Å². The molecule has 7 nitrogen and oxygen atoms in total. The van der Waals surface area contributed by atoms with Crippen LogP contribution in [0.15, 0.2) is 18.3 Å². The number of ether oxygens (including phenoxy) is 1. The molecule has 1 aromatic heterocycles. The van der Waals surface area contributed by atoms with Crippen LogP contribution >= 0.6 is 0 Å². The SMILES string of the molecule is COc1ccc(NC(=O)CCN2C(=O)[C@H]3CCCC[C@H]3C2=O)cn1. The number of nitrogens with one attached hydrogen (secondary N) is 1. The molecule has 0 radical (unpaired) electrons. The lowest BCUT2D eigenvalue weighted by molar-refractivity contribution is -0.140. The number of carbonyl (C=O) groups excluding carboxylic acids is 3. The Morgan fingerprint density at radius 1 is 1.25 bits per heavy atom. The fraction of sp³-hybridized carbons (Fsp3) is 0.529. The van der Waals surface area contributed by atoms with Crippen LogP contribution in [0.4, 0.5) is 5.69 Å². The van der Waals surface area contributed by atoms with Gasteiger partial charge in [0.15, 0.2) is 0 Å². The van der Waals surface area contributed by atoms with Crippen molar-refractivity contribution in [2.24, 2.45) is 11.8 Å². The van der Waals surface area contributed by atoms with Crippen molar-refractivity contribution in [2.45, 2.75) is 32.1 Å². The quantitative estimate of drug-likeness (QED) is 0.828. The third-order valence-corrected chi connectivity index (χ3v) is 4.72. The van der Waals surface area contributed by atoms with Crippen LogP contribution in [0.2, 0.25) is 0 Å². The molecular formula is C17H21N3O4. The first kappa shape index (κ1) is 16.4. The van der Waals surface area contributed by atoms with E-state index in [4.69, 9.17) is 4.74 Å². The zero-order valence-electron chi connectivity index (χ0n) is 13.7. The predicted molar refractivity (Wildman–Crippen MR) is 86.2 cm³/mol. The molecule has 3 amide bonds. The second-order valence-corrected chi connectivity index (χ2v) is 6.21. The van der Waals surface area contributed by atoms with Gasteiger partial charge in [-0.15, -0.1) is 0 Å². The molecular weight excluding hydrogens is 310 g/mol. The average molecular weight is 331 g/mol. The van der Waals surface area contributed by atoms with Gasteiger partial charge < -0.3 is 10.1 Å². The van der Waals surface area contributed by atoms with Gasteiger partial charge in [0.05, 0.1) is 30.8 Å². The topological polar surface area (TPSA) is 88.6 Å². The van der Waals surface area contributed by atoms with E-state index in [2.05, 4.69) is 10.3 Å². The molecule has 24 heavy (non-hydrogen) atoms. The minimum Gasteiger partial charge on any atom is -0.481 e. The molecule has 1 aliphatic carbocycles. The van der Waals surface area contributed by atoms with Gasteiger partial charge in [-0.2, -0.15) is 0 Å². The van der Waals surface area contributed by atoms with Crippen LogP contribution in [0.25, 0.3) is 0 Å². The smallest absolute Gasteiger partial charge is 0.233 e. The van der Waals surface area contributed by atoms with Crippen LogP contribution in [-0.2, 0) is 14.4 Å². The Bertz CT molecular complexity index is 620.